The van der Waals surface area contributed by atoms with Crippen LogP contribution in [0.4, 0.5) is 0 Å². The van der Waals surface area contributed by atoms with Crippen molar-refractivity contribution in [3.05, 3.63) is 150 Å². The smallest absolute Gasteiger partial charge is 0.164 e. The van der Waals surface area contributed by atoms with Crippen LogP contribution < -0.4 is 0 Å². The van der Waals surface area contributed by atoms with Crippen LogP contribution >= 0.6 is 15.9 Å². The quantitative estimate of drug-likeness (QED) is 0.190. The molecule has 0 aliphatic carbocycles. The molecule has 0 fully saturated rings. The van der Waals surface area contributed by atoms with Crippen molar-refractivity contribution in [2.45, 2.75) is 0 Å². The molecule has 0 radical (unpaired) electrons. The third-order valence-electron chi connectivity index (χ3n) is 7.81. The monoisotopic (exact) mass is 629 g/mol. The summed E-state index contributed by atoms with van der Waals surface area (Å²) in [5.74, 6) is 1.85. The third kappa shape index (κ3) is 4.87. The second-order valence-electron chi connectivity index (χ2n) is 10.6. The van der Waals surface area contributed by atoms with Crippen molar-refractivity contribution >= 4 is 37.9 Å². The summed E-state index contributed by atoms with van der Waals surface area (Å²) < 4.78 is 7.24. The van der Waals surface area contributed by atoms with Crippen molar-refractivity contribution in [1.29, 1.82) is 0 Å². The molecule has 0 amide bonds. The molecule has 44 heavy (non-hydrogen) atoms. The van der Waals surface area contributed by atoms with E-state index >= 15 is 0 Å². The van der Waals surface area contributed by atoms with Crippen molar-refractivity contribution in [2.24, 2.45) is 0 Å². The zero-order chi connectivity index (χ0) is 29.5. The number of para-hydroxylation sites is 1. The molecule has 8 aromatic rings. The summed E-state index contributed by atoms with van der Waals surface area (Å²) in [6.45, 7) is 0. The zero-order valence-corrected chi connectivity index (χ0v) is 25.1. The molecule has 6 aromatic carbocycles. The highest BCUT2D eigenvalue weighted by molar-refractivity contribution is 9.10. The molecular formula is C39H24BrN3O. The van der Waals surface area contributed by atoms with Crippen LogP contribution in [-0.4, -0.2) is 15.0 Å². The fourth-order valence-corrected chi connectivity index (χ4v) is 6.06. The van der Waals surface area contributed by atoms with Crippen LogP contribution in [0.3, 0.4) is 0 Å². The van der Waals surface area contributed by atoms with Crippen molar-refractivity contribution < 1.29 is 4.42 Å². The molecule has 2 aromatic heterocycles. The van der Waals surface area contributed by atoms with Gasteiger partial charge >= 0.3 is 0 Å². The standard InChI is InChI=1S/C39H24BrN3O/c40-31-14-7-12-29(24-31)26-21-19-25(20-22-26)28-11-6-13-30(23-28)38-41-37(27-9-2-1-3-10-27)42-39(43-38)33-16-8-18-35-36(33)32-15-4-5-17-34(32)44-35/h1-24H. The Kier molecular flexibility index (Phi) is 6.58. The van der Waals surface area contributed by atoms with Crippen LogP contribution in [0, 0.1) is 0 Å². The summed E-state index contributed by atoms with van der Waals surface area (Å²) in [6, 6.07) is 49.5. The Balaban J connectivity index is 1.25. The minimum absolute atomic E-state index is 0.606. The van der Waals surface area contributed by atoms with E-state index in [9.17, 15) is 0 Å². The maximum absolute atomic E-state index is 6.18. The van der Waals surface area contributed by atoms with Gasteiger partial charge in [0.1, 0.15) is 11.2 Å². The molecule has 0 aliphatic heterocycles. The van der Waals surface area contributed by atoms with Gasteiger partial charge in [0, 0.05) is 31.9 Å². The number of halogens is 1. The number of hydrogen-bond acceptors (Lipinski definition) is 4. The van der Waals surface area contributed by atoms with Gasteiger partial charge in [-0.15, -0.1) is 0 Å². The minimum atomic E-state index is 0.606. The van der Waals surface area contributed by atoms with E-state index in [4.69, 9.17) is 19.4 Å². The summed E-state index contributed by atoms with van der Waals surface area (Å²) in [4.78, 5) is 15.0. The number of fused-ring (bicyclic) bond motifs is 3. The lowest BCUT2D eigenvalue weighted by Crippen LogP contribution is -2.00. The minimum Gasteiger partial charge on any atom is -0.456 e. The van der Waals surface area contributed by atoms with Crippen LogP contribution in [0.5, 0.6) is 0 Å². The summed E-state index contributed by atoms with van der Waals surface area (Å²) in [5.41, 5.74) is 8.96. The second-order valence-corrected chi connectivity index (χ2v) is 11.5. The molecule has 0 saturated carbocycles. The van der Waals surface area contributed by atoms with Crippen molar-refractivity contribution in [3.63, 3.8) is 0 Å². The van der Waals surface area contributed by atoms with Gasteiger partial charge in [-0.05, 0) is 52.6 Å². The second kappa shape index (κ2) is 11.0. The van der Waals surface area contributed by atoms with E-state index in [0.717, 1.165) is 54.2 Å². The molecule has 0 atom stereocenters. The Morgan fingerprint density at radius 3 is 1.75 bits per heavy atom. The van der Waals surface area contributed by atoms with E-state index in [0.29, 0.717) is 17.5 Å². The molecule has 0 aliphatic rings. The average molecular weight is 631 g/mol. The molecule has 2 heterocycles. The lowest BCUT2D eigenvalue weighted by Gasteiger charge is -2.10. The van der Waals surface area contributed by atoms with E-state index < -0.39 is 0 Å². The lowest BCUT2D eigenvalue weighted by molar-refractivity contribution is 0.669. The highest BCUT2D eigenvalue weighted by Gasteiger charge is 2.17. The van der Waals surface area contributed by atoms with E-state index in [1.165, 1.54) is 11.1 Å². The third-order valence-corrected chi connectivity index (χ3v) is 8.30. The fourth-order valence-electron chi connectivity index (χ4n) is 5.66. The number of aromatic nitrogens is 3. The molecule has 0 N–H and O–H groups in total. The first kappa shape index (κ1) is 26.3. The van der Waals surface area contributed by atoms with Gasteiger partial charge in [-0.2, -0.15) is 0 Å². The first-order valence-electron chi connectivity index (χ1n) is 14.4. The van der Waals surface area contributed by atoms with Crippen molar-refractivity contribution in [2.75, 3.05) is 0 Å². The first-order valence-corrected chi connectivity index (χ1v) is 15.2. The van der Waals surface area contributed by atoms with Gasteiger partial charge in [0.15, 0.2) is 17.5 Å². The summed E-state index contributed by atoms with van der Waals surface area (Å²) in [5, 5.41) is 2.04. The van der Waals surface area contributed by atoms with Gasteiger partial charge in [-0.25, -0.2) is 15.0 Å². The molecule has 5 heteroatoms. The Labute approximate surface area is 262 Å². The molecule has 0 spiro atoms. The average Bonchev–Trinajstić information content (AvgIpc) is 3.48. The summed E-state index contributed by atoms with van der Waals surface area (Å²) in [7, 11) is 0. The van der Waals surface area contributed by atoms with E-state index in [1.807, 2.05) is 66.7 Å². The fraction of sp³-hybridized carbons (Fsp3) is 0. The molecule has 208 valence electrons. The molecular weight excluding hydrogens is 606 g/mol. The molecule has 0 saturated heterocycles. The van der Waals surface area contributed by atoms with Gasteiger partial charge in [0.2, 0.25) is 0 Å². The summed E-state index contributed by atoms with van der Waals surface area (Å²) in [6.07, 6.45) is 0. The molecule has 0 bridgehead atoms. The Morgan fingerprint density at radius 2 is 0.977 bits per heavy atom. The largest absolute Gasteiger partial charge is 0.456 e. The summed E-state index contributed by atoms with van der Waals surface area (Å²) >= 11 is 3.58. The zero-order valence-electron chi connectivity index (χ0n) is 23.5. The topological polar surface area (TPSA) is 51.8 Å². The number of benzene rings is 6. The molecule has 0 unspecified atom stereocenters. The maximum Gasteiger partial charge on any atom is 0.164 e. The number of nitrogens with zero attached hydrogens (tertiary/aromatic N) is 3. The van der Waals surface area contributed by atoms with Crippen molar-refractivity contribution in [1.82, 2.24) is 15.0 Å². The number of furan rings is 1. The number of rotatable bonds is 5. The Bertz CT molecular complexity index is 2290. The van der Waals surface area contributed by atoms with Crippen LogP contribution in [0.1, 0.15) is 0 Å². The van der Waals surface area contributed by atoms with Gasteiger partial charge < -0.3 is 4.42 Å². The SMILES string of the molecule is Brc1cccc(-c2ccc(-c3cccc(-c4nc(-c5ccccc5)nc(-c5cccc6oc7ccccc7c56)n4)c3)cc2)c1. The predicted molar refractivity (Wildman–Crippen MR) is 182 cm³/mol. The van der Waals surface area contributed by atoms with Crippen LogP contribution in [0.15, 0.2) is 154 Å². The van der Waals surface area contributed by atoms with Gasteiger partial charge in [-0.3, -0.25) is 0 Å². The Morgan fingerprint density at radius 1 is 0.409 bits per heavy atom. The predicted octanol–water partition coefficient (Wildman–Crippen LogP) is 10.9. The van der Waals surface area contributed by atoms with Gasteiger partial charge in [-0.1, -0.05) is 131 Å². The highest BCUT2D eigenvalue weighted by Crippen LogP contribution is 2.37. The molecule has 8 rings (SSSR count). The van der Waals surface area contributed by atoms with Gasteiger partial charge in [0.25, 0.3) is 0 Å². The highest BCUT2D eigenvalue weighted by atomic mass is 79.9. The normalized spacial score (nSPS) is 11.3. The maximum atomic E-state index is 6.18. The van der Waals surface area contributed by atoms with E-state index in [1.54, 1.807) is 0 Å². The van der Waals surface area contributed by atoms with Crippen LogP contribution in [0.2, 0.25) is 0 Å². The van der Waals surface area contributed by atoms with Crippen LogP contribution in [0.25, 0.3) is 78.4 Å². The van der Waals surface area contributed by atoms with Crippen molar-refractivity contribution in [3.8, 4) is 56.4 Å². The Hall–Kier alpha value is -5.39. The number of hydrogen-bond donors (Lipinski definition) is 0. The van der Waals surface area contributed by atoms with E-state index in [2.05, 4.69) is 94.8 Å². The first-order chi connectivity index (χ1) is 21.7. The lowest BCUT2D eigenvalue weighted by atomic mass is 9.99. The van der Waals surface area contributed by atoms with E-state index in [-0.39, 0.29) is 0 Å². The van der Waals surface area contributed by atoms with Gasteiger partial charge in [0.05, 0.1) is 0 Å². The molecule has 4 nitrogen and oxygen atoms in total. The van der Waals surface area contributed by atoms with Crippen LogP contribution in [-0.2, 0) is 0 Å².